The second-order valence-electron chi connectivity index (χ2n) is 2.73. The Morgan fingerprint density at radius 1 is 1.40 bits per heavy atom. The van der Waals surface area contributed by atoms with Crippen molar-refractivity contribution in [3.05, 3.63) is 23.3 Å². The van der Waals surface area contributed by atoms with Crippen molar-refractivity contribution < 1.29 is 5.21 Å². The molecule has 0 spiro atoms. The molecule has 1 aromatic carbocycles. The van der Waals surface area contributed by atoms with Gasteiger partial charge in [-0.25, -0.2) is 0 Å². The van der Waals surface area contributed by atoms with Gasteiger partial charge < -0.3 is 11.5 Å². The van der Waals surface area contributed by atoms with Crippen LogP contribution in [0.2, 0.25) is 0 Å². The number of thiocarbonyl (C=S) groups is 1. The Morgan fingerprint density at radius 3 is 2.33 bits per heavy atom. The number of anilines is 2. The topological polar surface area (TPSA) is 84.3 Å². The lowest BCUT2D eigenvalue weighted by Crippen LogP contribution is -2.11. The Morgan fingerprint density at radius 2 is 1.93 bits per heavy atom. The SMILES string of the molecule is CC.Cc1cc(C(N)=S)cc(NO)c1N. The predicted molar refractivity (Wildman–Crippen MR) is 68.2 cm³/mol. The van der Waals surface area contributed by atoms with E-state index in [4.69, 9.17) is 28.9 Å². The molecule has 0 radical (unpaired) electrons. The van der Waals surface area contributed by atoms with Crippen molar-refractivity contribution in [3.8, 4) is 0 Å². The lowest BCUT2D eigenvalue weighted by Gasteiger charge is -2.09. The van der Waals surface area contributed by atoms with Gasteiger partial charge in [0.05, 0.1) is 11.4 Å². The summed E-state index contributed by atoms with van der Waals surface area (Å²) >= 11 is 4.80. The van der Waals surface area contributed by atoms with Crippen LogP contribution in [0.15, 0.2) is 12.1 Å². The summed E-state index contributed by atoms with van der Waals surface area (Å²) in [6, 6.07) is 3.38. The van der Waals surface area contributed by atoms with Crippen LogP contribution in [-0.4, -0.2) is 10.2 Å². The molecule has 0 aliphatic heterocycles. The predicted octanol–water partition coefficient (Wildman–Crippen LogP) is 2.04. The van der Waals surface area contributed by atoms with E-state index in [0.29, 0.717) is 16.9 Å². The molecular weight excluding hydrogens is 210 g/mol. The smallest absolute Gasteiger partial charge is 0.104 e. The number of hydrogen-bond acceptors (Lipinski definition) is 4. The van der Waals surface area contributed by atoms with Crippen molar-refractivity contribution in [3.63, 3.8) is 0 Å². The van der Waals surface area contributed by atoms with Crippen LogP contribution < -0.4 is 16.9 Å². The standard InChI is InChI=1S/C8H11N3OS.C2H6/c1-4-2-5(8(10)13)3-6(11-12)7(4)9;1-2/h2-3,11-12H,9H2,1H3,(H2,10,13);1-2H3. The van der Waals surface area contributed by atoms with Crippen LogP contribution >= 0.6 is 12.2 Å². The highest BCUT2D eigenvalue weighted by molar-refractivity contribution is 7.80. The van der Waals surface area contributed by atoms with Crippen LogP contribution in [0.3, 0.4) is 0 Å². The number of nitrogens with one attached hydrogen (secondary N) is 1. The molecule has 0 saturated heterocycles. The van der Waals surface area contributed by atoms with Crippen LogP contribution in [0.1, 0.15) is 25.0 Å². The summed E-state index contributed by atoms with van der Waals surface area (Å²) in [5.41, 5.74) is 15.5. The zero-order valence-electron chi connectivity index (χ0n) is 9.16. The van der Waals surface area contributed by atoms with E-state index in [1.807, 2.05) is 26.3 Å². The molecule has 1 aromatic rings. The maximum atomic E-state index is 8.74. The minimum Gasteiger partial charge on any atom is -0.397 e. The Hall–Kier alpha value is -1.33. The molecule has 0 bridgehead atoms. The normalized spacial score (nSPS) is 8.80. The molecule has 0 aliphatic rings. The first kappa shape index (κ1) is 13.7. The van der Waals surface area contributed by atoms with Gasteiger partial charge in [0.25, 0.3) is 0 Å². The van der Waals surface area contributed by atoms with E-state index in [1.54, 1.807) is 12.1 Å². The van der Waals surface area contributed by atoms with Gasteiger partial charge in [-0.05, 0) is 24.6 Å². The summed E-state index contributed by atoms with van der Waals surface area (Å²) in [5, 5.41) is 8.74. The molecule has 0 atom stereocenters. The fourth-order valence-corrected chi connectivity index (χ4v) is 1.15. The van der Waals surface area contributed by atoms with Gasteiger partial charge in [-0.1, -0.05) is 26.1 Å². The molecule has 0 aliphatic carbocycles. The molecule has 84 valence electrons. The van der Waals surface area contributed by atoms with Crippen molar-refractivity contribution >= 4 is 28.6 Å². The molecule has 0 amide bonds. The first-order valence-corrected chi connectivity index (χ1v) is 5.07. The third-order valence-corrected chi connectivity index (χ3v) is 2.03. The summed E-state index contributed by atoms with van der Waals surface area (Å²) in [6.45, 7) is 5.82. The van der Waals surface area contributed by atoms with Crippen molar-refractivity contribution in [2.24, 2.45) is 5.73 Å². The van der Waals surface area contributed by atoms with Crippen molar-refractivity contribution in [2.75, 3.05) is 11.2 Å². The molecule has 1 rings (SSSR count). The van der Waals surface area contributed by atoms with Crippen LogP contribution in [0.25, 0.3) is 0 Å². The van der Waals surface area contributed by atoms with Crippen molar-refractivity contribution in [1.82, 2.24) is 0 Å². The third kappa shape index (κ3) is 3.38. The Bertz CT molecular complexity index is 353. The lowest BCUT2D eigenvalue weighted by molar-refractivity contribution is 0.389. The van der Waals surface area contributed by atoms with Crippen LogP contribution in [0, 0.1) is 6.92 Å². The van der Waals surface area contributed by atoms with Crippen LogP contribution in [0.4, 0.5) is 11.4 Å². The first-order valence-electron chi connectivity index (χ1n) is 4.66. The van der Waals surface area contributed by atoms with Gasteiger partial charge >= 0.3 is 0 Å². The maximum absolute atomic E-state index is 8.74. The lowest BCUT2D eigenvalue weighted by atomic mass is 10.1. The fourth-order valence-electron chi connectivity index (χ4n) is 1.03. The molecule has 6 N–H and O–H groups in total. The monoisotopic (exact) mass is 227 g/mol. The maximum Gasteiger partial charge on any atom is 0.104 e. The molecule has 5 heteroatoms. The van der Waals surface area contributed by atoms with E-state index >= 15 is 0 Å². The summed E-state index contributed by atoms with van der Waals surface area (Å²) in [6.07, 6.45) is 0. The van der Waals surface area contributed by atoms with Crippen LogP contribution in [-0.2, 0) is 0 Å². The molecule has 0 fully saturated rings. The van der Waals surface area contributed by atoms with E-state index < -0.39 is 0 Å². The highest BCUT2D eigenvalue weighted by Crippen LogP contribution is 2.23. The quantitative estimate of drug-likeness (QED) is 0.353. The number of benzene rings is 1. The Labute approximate surface area is 95.2 Å². The number of aryl methyl sites for hydroxylation is 1. The van der Waals surface area contributed by atoms with Gasteiger partial charge in [0.1, 0.15) is 4.99 Å². The largest absolute Gasteiger partial charge is 0.397 e. The van der Waals surface area contributed by atoms with Crippen LogP contribution in [0.5, 0.6) is 0 Å². The minimum atomic E-state index is 0.277. The number of rotatable bonds is 2. The summed E-state index contributed by atoms with van der Waals surface area (Å²) in [5.74, 6) is 0. The zero-order chi connectivity index (χ0) is 12.0. The molecule has 0 saturated carbocycles. The first-order chi connectivity index (χ1) is 7.06. The molecule has 0 unspecified atom stereocenters. The number of hydrogen-bond donors (Lipinski definition) is 4. The molecular formula is C10H17N3OS. The zero-order valence-corrected chi connectivity index (χ0v) is 9.98. The molecule has 0 heterocycles. The number of nitrogens with two attached hydrogens (primary N) is 2. The molecule has 15 heavy (non-hydrogen) atoms. The average Bonchev–Trinajstić information content (AvgIpc) is 2.24. The van der Waals surface area contributed by atoms with Crippen molar-refractivity contribution in [2.45, 2.75) is 20.8 Å². The minimum absolute atomic E-state index is 0.277. The van der Waals surface area contributed by atoms with Gasteiger partial charge in [0.2, 0.25) is 0 Å². The Balaban J connectivity index is 0.000000921. The van der Waals surface area contributed by atoms with Gasteiger partial charge in [0.15, 0.2) is 0 Å². The van der Waals surface area contributed by atoms with Crippen molar-refractivity contribution in [1.29, 1.82) is 0 Å². The highest BCUT2D eigenvalue weighted by Gasteiger charge is 2.05. The fraction of sp³-hybridized carbons (Fsp3) is 0.300. The average molecular weight is 227 g/mol. The van der Waals surface area contributed by atoms with E-state index in [0.717, 1.165) is 5.56 Å². The van der Waals surface area contributed by atoms with Gasteiger partial charge in [-0.15, -0.1) is 0 Å². The van der Waals surface area contributed by atoms with Gasteiger partial charge in [-0.2, -0.15) is 0 Å². The molecule has 4 nitrogen and oxygen atoms in total. The molecule has 0 aromatic heterocycles. The van der Waals surface area contributed by atoms with E-state index in [-0.39, 0.29) is 4.99 Å². The van der Waals surface area contributed by atoms with E-state index in [2.05, 4.69) is 0 Å². The summed E-state index contributed by atoms with van der Waals surface area (Å²) < 4.78 is 0. The van der Waals surface area contributed by atoms with E-state index in [1.165, 1.54) is 0 Å². The highest BCUT2D eigenvalue weighted by atomic mass is 32.1. The van der Waals surface area contributed by atoms with E-state index in [9.17, 15) is 0 Å². The van der Waals surface area contributed by atoms with Gasteiger partial charge in [0, 0.05) is 5.56 Å². The Kier molecular flexibility index (Phi) is 5.66. The second kappa shape index (κ2) is 6.21. The second-order valence-corrected chi connectivity index (χ2v) is 3.17. The summed E-state index contributed by atoms with van der Waals surface area (Å²) in [4.78, 5) is 0.277. The number of nitrogen functional groups attached to an aromatic ring is 1. The third-order valence-electron chi connectivity index (χ3n) is 1.79. The summed E-state index contributed by atoms with van der Waals surface area (Å²) in [7, 11) is 0. The van der Waals surface area contributed by atoms with Gasteiger partial charge in [-0.3, -0.25) is 10.7 Å².